The van der Waals surface area contributed by atoms with Crippen molar-refractivity contribution in [3.8, 4) is 34.5 Å². The number of rotatable bonds is 10. The van der Waals surface area contributed by atoms with Crippen LogP contribution in [-0.2, 0) is 15.6 Å². The Kier molecular flexibility index (Phi) is 7.91. The van der Waals surface area contributed by atoms with E-state index in [1.54, 1.807) is 67.3 Å². The van der Waals surface area contributed by atoms with Gasteiger partial charge in [-0.25, -0.2) is 23.4 Å². The third-order valence-corrected chi connectivity index (χ3v) is 8.57. The van der Waals surface area contributed by atoms with Gasteiger partial charge in [-0.05, 0) is 37.6 Å². The lowest BCUT2D eigenvalue weighted by Crippen LogP contribution is -2.27. The van der Waals surface area contributed by atoms with Crippen molar-refractivity contribution >= 4 is 9.84 Å². The van der Waals surface area contributed by atoms with Crippen molar-refractivity contribution in [1.29, 1.82) is 0 Å². The van der Waals surface area contributed by atoms with Crippen LogP contribution >= 0.6 is 0 Å². The van der Waals surface area contributed by atoms with Crippen LogP contribution in [0.25, 0.3) is 17.1 Å². The predicted molar refractivity (Wildman–Crippen MR) is 142 cm³/mol. The van der Waals surface area contributed by atoms with Crippen LogP contribution in [0.5, 0.6) is 17.4 Å². The highest BCUT2D eigenvalue weighted by molar-refractivity contribution is 7.91. The van der Waals surface area contributed by atoms with Crippen molar-refractivity contribution in [1.82, 2.24) is 29.7 Å². The second-order valence-corrected chi connectivity index (χ2v) is 11.2. The normalized spacial score (nSPS) is 13.1. The summed E-state index contributed by atoms with van der Waals surface area (Å²) in [5, 5.41) is 7.90. The van der Waals surface area contributed by atoms with Crippen molar-refractivity contribution in [3.63, 3.8) is 0 Å². The zero-order chi connectivity index (χ0) is 27.4. The lowest BCUT2D eigenvalue weighted by atomic mass is 10.1. The molecule has 0 amide bonds. The van der Waals surface area contributed by atoms with E-state index in [4.69, 9.17) is 14.2 Å². The molecule has 1 aromatic carbocycles. The minimum Gasteiger partial charge on any atom is -0.494 e. The first-order valence-electron chi connectivity index (χ1n) is 11.9. The number of sulfone groups is 1. The fourth-order valence-electron chi connectivity index (χ4n) is 4.01. The van der Waals surface area contributed by atoms with Gasteiger partial charge in [0, 0.05) is 36.1 Å². The molecule has 4 rings (SSSR count). The van der Waals surface area contributed by atoms with Crippen molar-refractivity contribution in [3.05, 3.63) is 66.1 Å². The number of para-hydroxylation sites is 1. The van der Waals surface area contributed by atoms with Crippen molar-refractivity contribution in [2.24, 2.45) is 0 Å². The molecule has 3 heterocycles. The van der Waals surface area contributed by atoms with Crippen LogP contribution in [0.4, 0.5) is 0 Å². The summed E-state index contributed by atoms with van der Waals surface area (Å²) in [6.07, 6.45) is 4.93. The van der Waals surface area contributed by atoms with Crippen molar-refractivity contribution < 1.29 is 22.6 Å². The first-order chi connectivity index (χ1) is 18.2. The number of hydrogen-bond donors (Lipinski definition) is 0. The molecule has 0 aliphatic rings. The quantitative estimate of drug-likeness (QED) is 0.295. The highest BCUT2D eigenvalue weighted by Gasteiger charge is 2.33. The van der Waals surface area contributed by atoms with Crippen LogP contribution in [0.2, 0.25) is 0 Å². The molecule has 11 nitrogen and oxygen atoms in total. The molecule has 0 spiro atoms. The second kappa shape index (κ2) is 11.1. The zero-order valence-corrected chi connectivity index (χ0v) is 22.9. The highest BCUT2D eigenvalue weighted by atomic mass is 32.2. The van der Waals surface area contributed by atoms with Crippen LogP contribution in [0.15, 0.2) is 48.9 Å². The number of methoxy groups -OCH3 is 3. The van der Waals surface area contributed by atoms with Gasteiger partial charge in [0.2, 0.25) is 5.88 Å². The molecule has 3 aromatic heterocycles. The summed E-state index contributed by atoms with van der Waals surface area (Å²) in [5.41, 5.74) is 1.99. The molecule has 38 heavy (non-hydrogen) atoms. The Hall–Kier alpha value is -4.06. The fourth-order valence-corrected chi connectivity index (χ4v) is 5.57. The Labute approximate surface area is 221 Å². The summed E-state index contributed by atoms with van der Waals surface area (Å²) in [7, 11) is 0.823. The molecule has 0 saturated heterocycles. The molecule has 0 bridgehead atoms. The molecule has 2 atom stereocenters. The minimum atomic E-state index is -3.74. The molecule has 12 heteroatoms. The van der Waals surface area contributed by atoms with Crippen LogP contribution in [0.1, 0.15) is 37.0 Å². The summed E-state index contributed by atoms with van der Waals surface area (Å²) < 4.78 is 45.6. The Balaban J connectivity index is 1.84. The molecule has 0 aliphatic heterocycles. The van der Waals surface area contributed by atoms with Crippen LogP contribution in [0.3, 0.4) is 0 Å². The fraction of sp³-hybridized carbons (Fsp3) is 0.346. The van der Waals surface area contributed by atoms with E-state index in [0.717, 1.165) is 5.56 Å². The number of benzene rings is 1. The van der Waals surface area contributed by atoms with Gasteiger partial charge in [0.1, 0.15) is 28.8 Å². The van der Waals surface area contributed by atoms with Crippen LogP contribution < -0.4 is 14.2 Å². The first-order valence-corrected chi connectivity index (χ1v) is 13.6. The maximum Gasteiger partial charge on any atom is 0.213 e. The topological polar surface area (TPSA) is 131 Å². The SMILES string of the molecule is COc1cc(-c2nnc(CS(=O)(=O)[C@@H](C)[C@H](C)c3ncc(C)cn3)n2-c2c(OC)cccc2OC)ccn1. The number of aryl methyl sites for hydroxylation is 1. The zero-order valence-electron chi connectivity index (χ0n) is 22.1. The largest absolute Gasteiger partial charge is 0.494 e. The molecule has 0 radical (unpaired) electrons. The van der Waals surface area contributed by atoms with Gasteiger partial charge in [-0.2, -0.15) is 0 Å². The summed E-state index contributed by atoms with van der Waals surface area (Å²) in [4.78, 5) is 12.8. The van der Waals surface area contributed by atoms with Gasteiger partial charge >= 0.3 is 0 Å². The molecular weight excluding hydrogens is 508 g/mol. The Morgan fingerprint density at radius 3 is 2.18 bits per heavy atom. The van der Waals surface area contributed by atoms with E-state index in [1.807, 2.05) is 6.92 Å². The second-order valence-electron chi connectivity index (χ2n) is 8.79. The molecule has 0 aliphatic carbocycles. The van der Waals surface area contributed by atoms with E-state index in [1.165, 1.54) is 21.3 Å². The van der Waals surface area contributed by atoms with Crippen molar-refractivity contribution in [2.75, 3.05) is 21.3 Å². The van der Waals surface area contributed by atoms with E-state index in [9.17, 15) is 8.42 Å². The van der Waals surface area contributed by atoms with Gasteiger partial charge < -0.3 is 14.2 Å². The Morgan fingerprint density at radius 1 is 0.921 bits per heavy atom. The number of nitrogens with zero attached hydrogens (tertiary/aromatic N) is 6. The van der Waals surface area contributed by atoms with Crippen LogP contribution in [0, 0.1) is 6.92 Å². The Morgan fingerprint density at radius 2 is 1.58 bits per heavy atom. The number of hydrogen-bond acceptors (Lipinski definition) is 10. The molecule has 200 valence electrons. The molecule has 0 saturated carbocycles. The van der Waals surface area contributed by atoms with E-state index in [-0.39, 0.29) is 11.6 Å². The monoisotopic (exact) mass is 538 g/mol. The minimum absolute atomic E-state index is 0.197. The molecule has 0 N–H and O–H groups in total. The van der Waals surface area contributed by atoms with Crippen molar-refractivity contribution in [2.45, 2.75) is 37.7 Å². The van der Waals surface area contributed by atoms with E-state index in [0.29, 0.717) is 40.3 Å². The predicted octanol–water partition coefficient (Wildman–Crippen LogP) is 3.56. The van der Waals surface area contributed by atoms with Gasteiger partial charge in [0.15, 0.2) is 21.5 Å². The Bertz CT molecular complexity index is 1500. The third kappa shape index (κ3) is 5.30. The third-order valence-electron chi connectivity index (χ3n) is 6.37. The van der Waals surface area contributed by atoms with Gasteiger partial charge in [-0.1, -0.05) is 13.0 Å². The lowest BCUT2D eigenvalue weighted by molar-refractivity contribution is 0.390. The first kappa shape index (κ1) is 27.0. The van der Waals surface area contributed by atoms with Gasteiger partial charge in [0.25, 0.3) is 0 Å². The average molecular weight is 539 g/mol. The smallest absolute Gasteiger partial charge is 0.213 e. The van der Waals surface area contributed by atoms with E-state index in [2.05, 4.69) is 25.1 Å². The maximum atomic E-state index is 13.7. The summed E-state index contributed by atoms with van der Waals surface area (Å²) >= 11 is 0. The average Bonchev–Trinajstić information content (AvgIpc) is 3.34. The van der Waals surface area contributed by atoms with Crippen LogP contribution in [-0.4, -0.2) is 64.7 Å². The number of ether oxygens (including phenoxy) is 3. The number of aromatic nitrogens is 6. The standard InChI is InChI=1S/C26H30N6O5S/c1-16-13-28-25(29-14-16)17(2)18(3)38(33,34)15-22-30-31-26(19-10-11-27-23(12-19)37-6)32(22)24-20(35-4)8-7-9-21(24)36-5/h7-14,17-18H,15H2,1-6H3/t17-,18-/m0/s1. The molecule has 0 unspecified atom stereocenters. The van der Waals surface area contributed by atoms with E-state index >= 15 is 0 Å². The number of pyridine rings is 1. The van der Waals surface area contributed by atoms with Gasteiger partial charge in [-0.3, -0.25) is 4.57 Å². The van der Waals surface area contributed by atoms with Gasteiger partial charge in [-0.15, -0.1) is 10.2 Å². The lowest BCUT2D eigenvalue weighted by Gasteiger charge is -2.20. The summed E-state index contributed by atoms with van der Waals surface area (Å²) in [6, 6.07) is 8.73. The molecule has 0 fully saturated rings. The summed E-state index contributed by atoms with van der Waals surface area (Å²) in [6.45, 7) is 5.33. The summed E-state index contributed by atoms with van der Waals surface area (Å²) in [5.74, 6) is 1.49. The highest BCUT2D eigenvalue weighted by Crippen LogP contribution is 2.37. The molecule has 4 aromatic rings. The molecular formula is C26H30N6O5S. The van der Waals surface area contributed by atoms with Gasteiger partial charge in [0.05, 0.1) is 26.6 Å². The maximum absolute atomic E-state index is 13.7. The van der Waals surface area contributed by atoms with E-state index < -0.39 is 21.0 Å².